The number of benzene rings is 20. The highest BCUT2D eigenvalue weighted by Crippen LogP contribution is 2.78. The van der Waals surface area contributed by atoms with Crippen LogP contribution < -0.4 is 0 Å². The average molecular weight is 1790 g/mol. The molecule has 140 heavy (non-hydrogen) atoms. The third-order valence-electron chi connectivity index (χ3n) is 35.8. The van der Waals surface area contributed by atoms with Crippen LogP contribution >= 0.6 is 0 Å². The molecule has 0 fully saturated rings. The molecule has 0 aliphatic heterocycles. The van der Waals surface area contributed by atoms with E-state index in [0.717, 1.165) is 0 Å². The minimum Gasteiger partial charge on any atom is -0.0619 e. The fourth-order valence-corrected chi connectivity index (χ4v) is 31.1. The molecular weight excluding hydrogens is 1680 g/mol. The lowest BCUT2D eigenvalue weighted by molar-refractivity contribution is 0.423. The van der Waals surface area contributed by atoms with Crippen molar-refractivity contribution >= 4 is 0 Å². The lowest BCUT2D eigenvalue weighted by Crippen LogP contribution is -2.52. The van der Waals surface area contributed by atoms with Crippen molar-refractivity contribution in [1.29, 1.82) is 0 Å². The SMILES string of the molecule is Cc1ccc2c(c1)C1(c3ccc(cc3)C3(c4cc(C)ccc4-c4ccc(C)cc43)C3(c4ccc(cc4)C4(c5cc(C)ccc5-c5ccc(C)cc54)C4(c5ccc(cc5)C5(c6cc(C)ccc6-c6ccc(C)cc65)C5(c6ccc(cc6)C16c1ccccc1-c1ccccc16)c1cc(C)ccc1-c1ccc(C)cc15)c1ccccc1-c1ccccc14)c1cc(C)ccc1-c1ccc(C)cc13)c1cc(C)ccc1-2. The van der Waals surface area contributed by atoms with Crippen LogP contribution in [0.1, 0.15) is 200 Å². The summed E-state index contributed by atoms with van der Waals surface area (Å²) in [6.45, 7) is 28.1. The van der Waals surface area contributed by atoms with Gasteiger partial charge in [-0.25, -0.2) is 0 Å². The van der Waals surface area contributed by atoms with Gasteiger partial charge in [-0.3, -0.25) is 0 Å². The molecule has 0 heterocycles. The van der Waals surface area contributed by atoms with Gasteiger partial charge >= 0.3 is 0 Å². The van der Waals surface area contributed by atoms with Crippen molar-refractivity contribution in [3.8, 4) is 89.0 Å². The van der Waals surface area contributed by atoms with Crippen molar-refractivity contribution in [3.05, 3.63) is 613 Å². The van der Waals surface area contributed by atoms with Crippen molar-refractivity contribution in [1.82, 2.24) is 0 Å². The molecular formula is C140H104. The van der Waals surface area contributed by atoms with Crippen molar-refractivity contribution in [3.63, 3.8) is 0 Å². The maximum atomic E-state index is 2.68. The molecule has 0 atom stereocenters. The fraction of sp³-hybridized carbons (Fsp3) is 0.143. The van der Waals surface area contributed by atoms with Crippen LogP contribution in [0.4, 0.5) is 0 Å². The second-order valence-corrected chi connectivity index (χ2v) is 43.1. The second kappa shape index (κ2) is 28.1. The van der Waals surface area contributed by atoms with Crippen molar-refractivity contribution in [2.75, 3.05) is 0 Å². The first-order valence-electron chi connectivity index (χ1n) is 50.5. The molecule has 0 heteroatoms. The Morgan fingerprint density at radius 2 is 0.186 bits per heavy atom. The molecule has 0 unspecified atom stereocenters. The molecule has 8 bridgehead atoms. The minimum atomic E-state index is -0.999. The quantitative estimate of drug-likeness (QED) is 0.142. The van der Waals surface area contributed by atoms with Crippen LogP contribution in [0.3, 0.4) is 0 Å². The first-order chi connectivity index (χ1) is 68.3. The van der Waals surface area contributed by atoms with Crippen molar-refractivity contribution in [2.45, 2.75) is 126 Å². The van der Waals surface area contributed by atoms with Crippen LogP contribution in [-0.2, 0) is 43.3 Å². The summed E-state index contributed by atoms with van der Waals surface area (Å²) in [7, 11) is 0. The van der Waals surface area contributed by atoms with E-state index in [4.69, 9.17) is 0 Å². The standard InChI is InChI=1S/C140H104/c1-81-29-57-105-106-58-30-82(2)70-122(106)135(121(105)69-81)95-49-53-99(54-50-95)139(129-77-89(9)37-65-113(129)114-66-38-90(10)78-130(114)139)140(131-79-91(11)39-67-115(131)116-68-40-92(12)80-132(116)140)100-55-51-96(52-56-100)136(123-71-83(3)31-59-107(123)108-60-32-84(4)72-124(108)136)134(119-27-19-15-23-103(119)104-24-16-20-28-120(104)134)94-43-47-98(48-44-94)138(127-75-87(7)35-63-111(127)112-64-36-88(8)76-128(112)138)137(125-73-85(5)33-61-109(125)110-62-34-86(6)74-126(110)137)97-45-41-93(42-46-97)133(135)117-25-17-13-21-101(117)102-22-14-18-26-118(102)133/h13-80H,1-12H3. The highest BCUT2D eigenvalue weighted by molar-refractivity contribution is 6.01. The van der Waals surface area contributed by atoms with Crippen LogP contribution in [0.25, 0.3) is 89.0 Å². The first kappa shape index (κ1) is 81.6. The molecule has 0 amide bonds. The molecule has 0 saturated carbocycles. The normalized spacial score (nSPS) is 16.3. The van der Waals surface area contributed by atoms with Gasteiger partial charge in [0.1, 0.15) is 0 Å². The molecule has 15 aliphatic carbocycles. The van der Waals surface area contributed by atoms with Gasteiger partial charge in [0.2, 0.25) is 0 Å². The Bertz CT molecular complexity index is 8010. The number of fused-ring (bicyclic) bond motifs is 24. The van der Waals surface area contributed by atoms with Gasteiger partial charge in [-0.15, -0.1) is 0 Å². The lowest BCUT2D eigenvalue weighted by atomic mass is 9.47. The Kier molecular flexibility index (Phi) is 16.4. The van der Waals surface area contributed by atoms with Gasteiger partial charge in [0.15, 0.2) is 0 Å². The average Bonchev–Trinajstić information content (AvgIpc) is 1.47. The van der Waals surface area contributed by atoms with Gasteiger partial charge in [0.25, 0.3) is 0 Å². The Morgan fingerprint density at radius 3 is 0.300 bits per heavy atom. The van der Waals surface area contributed by atoms with Crippen LogP contribution in [-0.4, -0.2) is 0 Å². The second-order valence-electron chi connectivity index (χ2n) is 43.1. The summed E-state index contributed by atoms with van der Waals surface area (Å²) < 4.78 is 0. The van der Waals surface area contributed by atoms with Gasteiger partial charge in [0, 0.05) is 0 Å². The maximum absolute atomic E-state index is 2.68. The van der Waals surface area contributed by atoms with Gasteiger partial charge in [-0.05, 0) is 306 Å². The van der Waals surface area contributed by atoms with Gasteiger partial charge in [0.05, 0.1) is 43.3 Å². The monoisotopic (exact) mass is 1780 g/mol. The highest BCUT2D eigenvalue weighted by Gasteiger charge is 2.71. The molecule has 0 radical (unpaired) electrons. The van der Waals surface area contributed by atoms with Crippen LogP contribution in [0, 0.1) is 83.1 Å². The molecule has 0 N–H and O–H groups in total. The zero-order valence-electron chi connectivity index (χ0n) is 81.3. The topological polar surface area (TPSA) is 0 Å². The van der Waals surface area contributed by atoms with E-state index in [2.05, 4.69) is 496 Å². The van der Waals surface area contributed by atoms with Crippen LogP contribution in [0.5, 0.6) is 0 Å². The molecule has 20 aromatic carbocycles. The van der Waals surface area contributed by atoms with E-state index in [1.807, 2.05) is 0 Å². The van der Waals surface area contributed by atoms with E-state index in [9.17, 15) is 0 Å². The number of rotatable bonds is 0. The molecule has 8 spiro atoms. The molecule has 15 aliphatic rings. The molecule has 664 valence electrons. The van der Waals surface area contributed by atoms with E-state index in [1.165, 1.54) is 289 Å². The molecule has 0 saturated heterocycles. The minimum absolute atomic E-state index is 0.988. The summed E-state index contributed by atoms with van der Waals surface area (Å²) >= 11 is 0. The predicted octanol–water partition coefficient (Wildman–Crippen LogP) is 33.0. The lowest BCUT2D eigenvalue weighted by Gasteiger charge is -2.53. The third kappa shape index (κ3) is 9.47. The zero-order valence-corrected chi connectivity index (χ0v) is 81.3. The fourth-order valence-electron chi connectivity index (χ4n) is 31.1. The third-order valence-corrected chi connectivity index (χ3v) is 35.8. The highest BCUT2D eigenvalue weighted by atomic mass is 14.7. The molecule has 20 aromatic rings. The maximum Gasteiger partial charge on any atom is 0.0641 e. The first-order valence-corrected chi connectivity index (χ1v) is 50.5. The van der Waals surface area contributed by atoms with E-state index in [-0.39, 0.29) is 0 Å². The molecule has 0 nitrogen and oxygen atoms in total. The summed E-state index contributed by atoms with van der Waals surface area (Å²) in [6, 6.07) is 171. The van der Waals surface area contributed by atoms with E-state index in [1.54, 1.807) is 0 Å². The van der Waals surface area contributed by atoms with E-state index < -0.39 is 43.3 Å². The molecule has 35 rings (SSSR count). The smallest absolute Gasteiger partial charge is 0.0619 e. The van der Waals surface area contributed by atoms with Gasteiger partial charge < -0.3 is 0 Å². The Morgan fingerprint density at radius 1 is 0.0929 bits per heavy atom. The number of hydrogen-bond acceptors (Lipinski definition) is 0. The van der Waals surface area contributed by atoms with Crippen molar-refractivity contribution in [2.24, 2.45) is 0 Å². The summed E-state index contributed by atoms with van der Waals surface area (Å²) in [4.78, 5) is 0. The van der Waals surface area contributed by atoms with Gasteiger partial charge in [-0.2, -0.15) is 0 Å². The summed E-state index contributed by atoms with van der Waals surface area (Å²) in [5.74, 6) is 0. The summed E-state index contributed by atoms with van der Waals surface area (Å²) in [5.41, 5.74) is 57.5. The number of hydrogen-bond donors (Lipinski definition) is 0. The predicted molar refractivity (Wildman–Crippen MR) is 577 cm³/mol. The molecule has 0 aromatic heterocycles. The van der Waals surface area contributed by atoms with Gasteiger partial charge in [-0.1, -0.05) is 479 Å². The number of aryl methyl sites for hydroxylation is 12. The Hall–Kier alpha value is -15.6. The summed E-state index contributed by atoms with van der Waals surface area (Å²) in [5, 5.41) is 0. The van der Waals surface area contributed by atoms with E-state index in [0.29, 0.717) is 0 Å². The largest absolute Gasteiger partial charge is 0.0641 e. The van der Waals surface area contributed by atoms with Crippen LogP contribution in [0.2, 0.25) is 0 Å². The van der Waals surface area contributed by atoms with Crippen molar-refractivity contribution < 1.29 is 0 Å². The van der Waals surface area contributed by atoms with E-state index >= 15 is 0 Å². The Labute approximate surface area is 822 Å². The van der Waals surface area contributed by atoms with Crippen LogP contribution in [0.15, 0.2) is 413 Å². The summed E-state index contributed by atoms with van der Waals surface area (Å²) in [6.07, 6.45) is 0. The Balaban J connectivity index is 0.853. The zero-order chi connectivity index (χ0) is 94.1.